The second kappa shape index (κ2) is 3.87. The smallest absolute Gasteiger partial charge is 0.308 e. The second-order valence-electron chi connectivity index (χ2n) is 3.23. The van der Waals surface area contributed by atoms with E-state index in [4.69, 9.17) is 9.47 Å². The van der Waals surface area contributed by atoms with Gasteiger partial charge in [0.2, 0.25) is 0 Å². The predicted octanol–water partition coefficient (Wildman–Crippen LogP) is -0.0547. The predicted molar refractivity (Wildman–Crippen MR) is 41.5 cm³/mol. The van der Waals surface area contributed by atoms with E-state index in [1.807, 2.05) is 0 Å². The molecule has 0 spiro atoms. The van der Waals surface area contributed by atoms with Crippen LogP contribution in [0, 0.1) is 5.92 Å². The van der Waals surface area contributed by atoms with E-state index in [0.717, 1.165) is 0 Å². The maximum absolute atomic E-state index is 11.1. The van der Waals surface area contributed by atoms with E-state index in [-0.39, 0.29) is 18.5 Å². The molecule has 1 aliphatic rings. The zero-order valence-electron chi connectivity index (χ0n) is 7.32. The van der Waals surface area contributed by atoms with E-state index in [0.29, 0.717) is 6.61 Å². The molecule has 0 bridgehead atoms. The highest BCUT2D eigenvalue weighted by Gasteiger charge is 2.30. The number of hydrogen-bond acceptors (Lipinski definition) is 4. The van der Waals surface area contributed by atoms with Gasteiger partial charge in [-0.15, -0.1) is 0 Å². The summed E-state index contributed by atoms with van der Waals surface area (Å²) in [6, 6.07) is 0. The van der Waals surface area contributed by atoms with Gasteiger partial charge in [-0.25, -0.2) is 0 Å². The van der Waals surface area contributed by atoms with Gasteiger partial charge in [0.25, 0.3) is 0 Å². The lowest BCUT2D eigenvalue weighted by molar-refractivity contribution is -0.156. The Bertz CT molecular complexity index is 166. The van der Waals surface area contributed by atoms with Crippen LogP contribution in [0.5, 0.6) is 0 Å². The van der Waals surface area contributed by atoms with Crippen molar-refractivity contribution in [3.8, 4) is 0 Å². The van der Waals surface area contributed by atoms with E-state index in [2.05, 4.69) is 0 Å². The molecule has 0 aromatic carbocycles. The van der Waals surface area contributed by atoms with Crippen LogP contribution in [0.15, 0.2) is 0 Å². The fraction of sp³-hybridized carbons (Fsp3) is 0.875. The van der Waals surface area contributed by atoms with Crippen molar-refractivity contribution in [2.45, 2.75) is 26.1 Å². The third-order valence-electron chi connectivity index (χ3n) is 1.74. The molecule has 2 unspecified atom stereocenters. The van der Waals surface area contributed by atoms with Crippen molar-refractivity contribution < 1.29 is 19.4 Å². The summed E-state index contributed by atoms with van der Waals surface area (Å²) in [7, 11) is 0. The van der Waals surface area contributed by atoms with Crippen molar-refractivity contribution in [1.82, 2.24) is 0 Å². The van der Waals surface area contributed by atoms with Crippen molar-refractivity contribution in [3.63, 3.8) is 0 Å². The summed E-state index contributed by atoms with van der Waals surface area (Å²) < 4.78 is 9.89. The highest BCUT2D eigenvalue weighted by molar-refractivity contribution is 5.71. The van der Waals surface area contributed by atoms with Gasteiger partial charge in [0.05, 0.1) is 19.1 Å². The lowest BCUT2D eigenvalue weighted by Gasteiger charge is -2.14. The van der Waals surface area contributed by atoms with Crippen molar-refractivity contribution in [2.75, 3.05) is 13.2 Å². The molecule has 0 radical (unpaired) electrons. The van der Waals surface area contributed by atoms with Gasteiger partial charge in [-0.1, -0.05) is 13.8 Å². The summed E-state index contributed by atoms with van der Waals surface area (Å²) in [5.74, 6) is -0.442. The number of carbonyl (C=O) groups is 1. The van der Waals surface area contributed by atoms with Gasteiger partial charge < -0.3 is 14.6 Å². The van der Waals surface area contributed by atoms with Gasteiger partial charge in [-0.2, -0.15) is 0 Å². The summed E-state index contributed by atoms with van der Waals surface area (Å²) >= 11 is 0. The van der Waals surface area contributed by atoms with Crippen molar-refractivity contribution in [3.05, 3.63) is 0 Å². The van der Waals surface area contributed by atoms with Crippen LogP contribution in [0.2, 0.25) is 0 Å². The van der Waals surface area contributed by atoms with Crippen LogP contribution in [-0.4, -0.2) is 36.5 Å². The Morgan fingerprint density at radius 3 is 2.67 bits per heavy atom. The molecule has 70 valence electrons. The first-order chi connectivity index (χ1) is 5.61. The van der Waals surface area contributed by atoms with Gasteiger partial charge in [0.1, 0.15) is 6.10 Å². The number of aliphatic hydroxyl groups is 1. The monoisotopic (exact) mass is 174 g/mol. The standard InChI is InChI=1S/C8H14O4/c1-5(2)8(10)12-7-4-11-3-6(7)9/h5-7,9H,3-4H2,1-2H3. The third kappa shape index (κ3) is 2.19. The molecule has 4 nitrogen and oxygen atoms in total. The third-order valence-corrected chi connectivity index (χ3v) is 1.74. The first-order valence-electron chi connectivity index (χ1n) is 4.07. The summed E-state index contributed by atoms with van der Waals surface area (Å²) in [5.41, 5.74) is 0. The van der Waals surface area contributed by atoms with Crippen LogP contribution in [-0.2, 0) is 14.3 Å². The zero-order valence-corrected chi connectivity index (χ0v) is 7.32. The largest absolute Gasteiger partial charge is 0.457 e. The molecule has 1 aliphatic heterocycles. The normalized spacial score (nSPS) is 29.3. The average Bonchev–Trinajstić information content (AvgIpc) is 2.36. The Balaban J connectivity index is 2.35. The van der Waals surface area contributed by atoms with Crippen molar-refractivity contribution in [1.29, 1.82) is 0 Å². The van der Waals surface area contributed by atoms with Crippen molar-refractivity contribution in [2.24, 2.45) is 5.92 Å². The van der Waals surface area contributed by atoms with Crippen LogP contribution in [0.4, 0.5) is 0 Å². The van der Waals surface area contributed by atoms with Crippen LogP contribution < -0.4 is 0 Å². The Kier molecular flexibility index (Phi) is 3.05. The fourth-order valence-corrected chi connectivity index (χ4v) is 0.921. The van der Waals surface area contributed by atoms with Crippen LogP contribution in [0.3, 0.4) is 0 Å². The molecule has 0 aromatic heterocycles. The number of esters is 1. The summed E-state index contributed by atoms with van der Waals surface area (Å²) in [6.45, 7) is 4.07. The molecule has 1 saturated heterocycles. The number of aliphatic hydroxyl groups excluding tert-OH is 1. The van der Waals surface area contributed by atoms with Gasteiger partial charge in [-0.3, -0.25) is 4.79 Å². The van der Waals surface area contributed by atoms with Gasteiger partial charge in [-0.05, 0) is 0 Å². The van der Waals surface area contributed by atoms with Gasteiger partial charge in [0, 0.05) is 0 Å². The van der Waals surface area contributed by atoms with E-state index < -0.39 is 12.2 Å². The number of hydrogen-bond donors (Lipinski definition) is 1. The van der Waals surface area contributed by atoms with E-state index in [9.17, 15) is 9.90 Å². The molecule has 1 fully saturated rings. The minimum absolute atomic E-state index is 0.155. The number of rotatable bonds is 2. The molecule has 0 saturated carbocycles. The first kappa shape index (κ1) is 9.48. The highest BCUT2D eigenvalue weighted by Crippen LogP contribution is 2.11. The molecule has 0 amide bonds. The minimum Gasteiger partial charge on any atom is -0.457 e. The zero-order chi connectivity index (χ0) is 9.14. The maximum atomic E-state index is 11.1. The molecule has 0 aromatic rings. The Hall–Kier alpha value is -0.610. The number of ether oxygens (including phenoxy) is 2. The SMILES string of the molecule is CC(C)C(=O)OC1COCC1O. The second-order valence-corrected chi connectivity index (χ2v) is 3.23. The summed E-state index contributed by atoms with van der Waals surface area (Å²) in [5, 5.41) is 9.22. The summed E-state index contributed by atoms with van der Waals surface area (Å²) in [4.78, 5) is 11.1. The van der Waals surface area contributed by atoms with Gasteiger partial charge in [0.15, 0.2) is 6.10 Å². The molecular weight excluding hydrogens is 160 g/mol. The lowest BCUT2D eigenvalue weighted by atomic mass is 10.2. The quantitative estimate of drug-likeness (QED) is 0.596. The Labute approximate surface area is 71.5 Å². The molecule has 1 heterocycles. The van der Waals surface area contributed by atoms with Crippen LogP contribution in [0.1, 0.15) is 13.8 Å². The molecular formula is C8H14O4. The molecule has 12 heavy (non-hydrogen) atoms. The van der Waals surface area contributed by atoms with E-state index in [1.54, 1.807) is 13.8 Å². The van der Waals surface area contributed by atoms with E-state index in [1.165, 1.54) is 0 Å². The molecule has 4 heteroatoms. The fourth-order valence-electron chi connectivity index (χ4n) is 0.921. The Morgan fingerprint density at radius 2 is 2.25 bits per heavy atom. The van der Waals surface area contributed by atoms with Crippen molar-refractivity contribution >= 4 is 5.97 Å². The first-order valence-corrected chi connectivity index (χ1v) is 4.07. The maximum Gasteiger partial charge on any atom is 0.308 e. The van der Waals surface area contributed by atoms with Crippen LogP contribution >= 0.6 is 0 Å². The number of carbonyl (C=O) groups excluding carboxylic acids is 1. The van der Waals surface area contributed by atoms with Crippen LogP contribution in [0.25, 0.3) is 0 Å². The molecule has 1 rings (SSSR count). The summed E-state index contributed by atoms with van der Waals surface area (Å²) in [6.07, 6.45) is -1.13. The topological polar surface area (TPSA) is 55.8 Å². The highest BCUT2D eigenvalue weighted by atomic mass is 16.6. The molecule has 2 atom stereocenters. The Morgan fingerprint density at radius 1 is 1.58 bits per heavy atom. The van der Waals surface area contributed by atoms with E-state index >= 15 is 0 Å². The minimum atomic E-state index is -0.660. The molecule has 1 N–H and O–H groups in total. The lowest BCUT2D eigenvalue weighted by Crippen LogP contribution is -2.31. The average molecular weight is 174 g/mol. The molecule has 0 aliphatic carbocycles. The van der Waals surface area contributed by atoms with Gasteiger partial charge >= 0.3 is 5.97 Å².